The normalized spacial score (nSPS) is 14.7. The predicted octanol–water partition coefficient (Wildman–Crippen LogP) is 3.53. The van der Waals surface area contributed by atoms with Gasteiger partial charge in [0, 0.05) is 55.6 Å². The quantitative estimate of drug-likeness (QED) is 0.485. The minimum absolute atomic E-state index is 0.0491. The van der Waals surface area contributed by atoms with E-state index in [2.05, 4.69) is 29.0 Å². The van der Waals surface area contributed by atoms with Crippen LogP contribution in [0.3, 0.4) is 0 Å². The van der Waals surface area contributed by atoms with Gasteiger partial charge in [0.1, 0.15) is 23.9 Å². The molecule has 0 saturated carbocycles. The van der Waals surface area contributed by atoms with E-state index in [0.29, 0.717) is 39.8 Å². The van der Waals surface area contributed by atoms with Crippen LogP contribution in [-0.4, -0.2) is 72.8 Å². The van der Waals surface area contributed by atoms with Crippen LogP contribution in [0.2, 0.25) is 0 Å². The van der Waals surface area contributed by atoms with Crippen LogP contribution in [-0.2, 0) is 11.3 Å². The molecule has 0 spiro atoms. The van der Waals surface area contributed by atoms with Gasteiger partial charge in [0.2, 0.25) is 5.91 Å². The molecule has 0 atom stereocenters. The summed E-state index contributed by atoms with van der Waals surface area (Å²) in [5, 5.41) is 3.37. The lowest BCUT2D eigenvalue weighted by Crippen LogP contribution is -2.37. The van der Waals surface area contributed by atoms with Crippen LogP contribution in [0, 0.1) is 0 Å². The summed E-state index contributed by atoms with van der Waals surface area (Å²) < 4.78 is 12.3. The number of nitrogens with zero attached hydrogens (tertiary/aromatic N) is 4. The van der Waals surface area contributed by atoms with Gasteiger partial charge in [-0.15, -0.1) is 0 Å². The van der Waals surface area contributed by atoms with E-state index in [9.17, 15) is 9.59 Å². The highest BCUT2D eigenvalue weighted by atomic mass is 16.5. The maximum atomic E-state index is 14.0. The molecule has 1 N–H and O–H groups in total. The summed E-state index contributed by atoms with van der Waals surface area (Å²) in [6.07, 6.45) is 1.06. The molecule has 1 amide bonds. The molecule has 0 aliphatic carbocycles. The maximum absolute atomic E-state index is 14.0. The van der Waals surface area contributed by atoms with Crippen molar-refractivity contribution in [2.24, 2.45) is 0 Å². The zero-order valence-corrected chi connectivity index (χ0v) is 23.3. The van der Waals surface area contributed by atoms with E-state index < -0.39 is 0 Å². The van der Waals surface area contributed by atoms with Crippen molar-refractivity contribution >= 4 is 22.5 Å². The fourth-order valence-corrected chi connectivity index (χ4v) is 4.93. The summed E-state index contributed by atoms with van der Waals surface area (Å²) in [4.78, 5) is 36.5. The number of anilines is 1. The second-order valence-corrected chi connectivity index (χ2v) is 10.3. The lowest BCUT2D eigenvalue weighted by atomic mass is 10.1. The molecule has 0 radical (unpaired) electrons. The van der Waals surface area contributed by atoms with E-state index in [0.717, 1.165) is 38.3 Å². The first-order chi connectivity index (χ1) is 18.2. The van der Waals surface area contributed by atoms with Crippen molar-refractivity contribution in [1.82, 2.24) is 19.8 Å². The molecule has 2 heterocycles. The van der Waals surface area contributed by atoms with E-state index in [-0.39, 0.29) is 24.1 Å². The predicted molar refractivity (Wildman–Crippen MR) is 151 cm³/mol. The zero-order valence-electron chi connectivity index (χ0n) is 23.3. The fourth-order valence-electron chi connectivity index (χ4n) is 4.93. The molecule has 2 aromatic carbocycles. The Morgan fingerprint density at radius 1 is 0.974 bits per heavy atom. The van der Waals surface area contributed by atoms with Gasteiger partial charge in [0.05, 0.1) is 25.1 Å². The summed E-state index contributed by atoms with van der Waals surface area (Å²) in [7, 11) is 3.14. The molecule has 1 aromatic heterocycles. The molecule has 3 aromatic rings. The van der Waals surface area contributed by atoms with Crippen molar-refractivity contribution in [2.45, 2.75) is 52.7 Å². The molecule has 38 heavy (non-hydrogen) atoms. The Labute approximate surface area is 224 Å². The lowest BCUT2D eigenvalue weighted by molar-refractivity contribution is -0.122. The number of methoxy groups -OCH3 is 2. The van der Waals surface area contributed by atoms with Gasteiger partial charge in [-0.3, -0.25) is 19.1 Å². The molecule has 9 nitrogen and oxygen atoms in total. The third kappa shape index (κ3) is 6.10. The molecule has 9 heteroatoms. The number of hydrogen-bond acceptors (Lipinski definition) is 7. The van der Waals surface area contributed by atoms with Crippen molar-refractivity contribution in [2.75, 3.05) is 45.3 Å². The average Bonchev–Trinajstić information content (AvgIpc) is 3.16. The maximum Gasteiger partial charge on any atom is 0.262 e. The molecule has 4 rings (SSSR count). The average molecular weight is 522 g/mol. The fraction of sp³-hybridized carbons (Fsp3) is 0.483. The minimum atomic E-state index is -0.258. The van der Waals surface area contributed by atoms with Crippen molar-refractivity contribution in [1.29, 1.82) is 0 Å². The van der Waals surface area contributed by atoms with Gasteiger partial charge in [-0.1, -0.05) is 0 Å². The number of rotatable bonds is 8. The number of amides is 1. The van der Waals surface area contributed by atoms with Gasteiger partial charge < -0.3 is 19.7 Å². The Bertz CT molecular complexity index is 1330. The summed E-state index contributed by atoms with van der Waals surface area (Å²) in [5.74, 6) is 1.27. The Kier molecular flexibility index (Phi) is 8.56. The number of nitrogens with one attached hydrogen (secondary N) is 1. The second kappa shape index (κ2) is 11.9. The van der Waals surface area contributed by atoms with Gasteiger partial charge >= 0.3 is 0 Å². The molecule has 0 unspecified atom stereocenters. The summed E-state index contributed by atoms with van der Waals surface area (Å²) in [6, 6.07) is 11.6. The molecule has 1 aliphatic heterocycles. The number of fused-ring (bicyclic) bond motifs is 1. The van der Waals surface area contributed by atoms with E-state index in [4.69, 9.17) is 14.5 Å². The standard InChI is InChI=1S/C29H39N5O4/c1-19(2)30-27(35)18-34-28(21-14-23(37-5)17-24(15-21)38-6)31-26-9-8-22(16-25(26)29(34)36)33-11-7-10-32(12-13-33)20(3)4/h8-9,14-17,19-20H,7,10-13,18H2,1-6H3,(H,30,35). The van der Waals surface area contributed by atoms with Gasteiger partial charge in [0.15, 0.2) is 0 Å². The van der Waals surface area contributed by atoms with Crippen molar-refractivity contribution in [3.05, 3.63) is 46.8 Å². The monoisotopic (exact) mass is 521 g/mol. The summed E-state index contributed by atoms with van der Waals surface area (Å²) in [6.45, 7) is 11.9. The molecular formula is C29H39N5O4. The number of benzene rings is 2. The van der Waals surface area contributed by atoms with E-state index in [1.54, 1.807) is 32.4 Å². The molecule has 0 bridgehead atoms. The number of hydrogen-bond donors (Lipinski definition) is 1. The highest BCUT2D eigenvalue weighted by Crippen LogP contribution is 2.30. The van der Waals surface area contributed by atoms with Crippen molar-refractivity contribution in [3.8, 4) is 22.9 Å². The molecule has 1 saturated heterocycles. The SMILES string of the molecule is COc1cc(OC)cc(-c2nc3ccc(N4CCCN(C(C)C)CC4)cc3c(=O)n2CC(=O)NC(C)C)c1. The summed E-state index contributed by atoms with van der Waals surface area (Å²) in [5.41, 5.74) is 1.94. The Morgan fingerprint density at radius 3 is 2.32 bits per heavy atom. The van der Waals surface area contributed by atoms with Gasteiger partial charge in [-0.2, -0.15) is 0 Å². The van der Waals surface area contributed by atoms with Gasteiger partial charge in [0.25, 0.3) is 5.56 Å². The topological polar surface area (TPSA) is 88.9 Å². The Hall–Kier alpha value is -3.59. The number of carbonyl (C=O) groups excluding carboxylic acids is 1. The van der Waals surface area contributed by atoms with Crippen LogP contribution in [0.5, 0.6) is 11.5 Å². The third-order valence-corrected chi connectivity index (χ3v) is 6.92. The highest BCUT2D eigenvalue weighted by molar-refractivity contribution is 5.85. The van der Waals surface area contributed by atoms with Crippen LogP contribution >= 0.6 is 0 Å². The molecule has 1 aliphatic rings. The Morgan fingerprint density at radius 2 is 1.68 bits per heavy atom. The third-order valence-electron chi connectivity index (χ3n) is 6.92. The first-order valence-corrected chi connectivity index (χ1v) is 13.3. The van der Waals surface area contributed by atoms with Crippen molar-refractivity contribution in [3.63, 3.8) is 0 Å². The van der Waals surface area contributed by atoms with Crippen molar-refractivity contribution < 1.29 is 14.3 Å². The van der Waals surface area contributed by atoms with Gasteiger partial charge in [-0.05, 0) is 64.4 Å². The number of aromatic nitrogens is 2. The molecule has 204 valence electrons. The van der Waals surface area contributed by atoms with Crippen LogP contribution < -0.4 is 25.2 Å². The largest absolute Gasteiger partial charge is 0.497 e. The van der Waals surface area contributed by atoms with Gasteiger partial charge in [-0.25, -0.2) is 4.98 Å². The molecular weight excluding hydrogens is 482 g/mol. The highest BCUT2D eigenvalue weighted by Gasteiger charge is 2.21. The van der Waals surface area contributed by atoms with Crippen LogP contribution in [0.15, 0.2) is 41.2 Å². The smallest absolute Gasteiger partial charge is 0.262 e. The first kappa shape index (κ1) is 27.4. The number of ether oxygens (including phenoxy) is 2. The van der Waals surface area contributed by atoms with Crippen LogP contribution in [0.4, 0.5) is 5.69 Å². The number of carbonyl (C=O) groups is 1. The first-order valence-electron chi connectivity index (χ1n) is 13.3. The van der Waals surface area contributed by atoms with Crippen LogP contribution in [0.1, 0.15) is 34.1 Å². The van der Waals surface area contributed by atoms with Crippen LogP contribution in [0.25, 0.3) is 22.3 Å². The Balaban J connectivity index is 1.82. The second-order valence-electron chi connectivity index (χ2n) is 10.3. The summed E-state index contributed by atoms with van der Waals surface area (Å²) >= 11 is 0. The van der Waals surface area contributed by atoms with E-state index >= 15 is 0 Å². The lowest BCUT2D eigenvalue weighted by Gasteiger charge is -2.26. The zero-order chi connectivity index (χ0) is 27.4. The van der Waals surface area contributed by atoms with E-state index in [1.165, 1.54) is 4.57 Å². The molecule has 1 fully saturated rings. The van der Waals surface area contributed by atoms with E-state index in [1.807, 2.05) is 32.0 Å². The minimum Gasteiger partial charge on any atom is -0.497 e.